The normalized spacial score (nSPS) is 16.5. The Labute approximate surface area is 154 Å². The molecule has 1 saturated heterocycles. The molecular formula is C17H26Cl2N2O3. The van der Waals surface area contributed by atoms with E-state index in [-0.39, 0.29) is 18.3 Å². The Hall–Kier alpha value is -1.01. The van der Waals surface area contributed by atoms with E-state index in [1.807, 2.05) is 6.92 Å². The Morgan fingerprint density at radius 3 is 2.96 bits per heavy atom. The minimum Gasteiger partial charge on any atom is -0.487 e. The van der Waals surface area contributed by atoms with E-state index in [0.29, 0.717) is 48.6 Å². The number of amides is 1. The lowest BCUT2D eigenvalue weighted by atomic mass is 10.0. The Balaban J connectivity index is 0.00000288. The topological polar surface area (TPSA) is 59.6 Å². The molecule has 1 unspecified atom stereocenters. The maximum absolute atomic E-state index is 12.2. The van der Waals surface area contributed by atoms with Crippen molar-refractivity contribution in [2.75, 3.05) is 38.2 Å². The molecule has 2 N–H and O–H groups in total. The Kier molecular flexibility index (Phi) is 10.1. The molecule has 0 radical (unpaired) electrons. The van der Waals surface area contributed by atoms with E-state index in [1.165, 1.54) is 0 Å². The maximum atomic E-state index is 12.2. The molecular weight excluding hydrogens is 351 g/mol. The summed E-state index contributed by atoms with van der Waals surface area (Å²) >= 11 is 6.18. The molecule has 0 saturated carbocycles. The number of benzene rings is 1. The summed E-state index contributed by atoms with van der Waals surface area (Å²) in [6.07, 6.45) is 2.56. The number of carbonyl (C=O) groups excluding carboxylic acids is 1. The fraction of sp³-hybridized carbons (Fsp3) is 0.588. The molecule has 5 nitrogen and oxygen atoms in total. The van der Waals surface area contributed by atoms with E-state index < -0.39 is 0 Å². The molecule has 1 aliphatic rings. The van der Waals surface area contributed by atoms with Crippen LogP contribution in [0.15, 0.2) is 18.2 Å². The fourth-order valence-electron chi connectivity index (χ4n) is 2.61. The molecule has 0 aliphatic carbocycles. The summed E-state index contributed by atoms with van der Waals surface area (Å²) in [6.45, 7) is 5.53. The van der Waals surface area contributed by atoms with Gasteiger partial charge in [-0.3, -0.25) is 4.79 Å². The third-order valence-electron chi connectivity index (χ3n) is 3.86. The first-order chi connectivity index (χ1) is 11.2. The summed E-state index contributed by atoms with van der Waals surface area (Å²) in [5.74, 6) is 1.10. The van der Waals surface area contributed by atoms with Crippen LogP contribution in [-0.4, -0.2) is 38.8 Å². The molecule has 24 heavy (non-hydrogen) atoms. The largest absolute Gasteiger partial charge is 0.487 e. The summed E-state index contributed by atoms with van der Waals surface area (Å²) in [5.41, 5.74) is 0.614. The molecule has 0 aromatic heterocycles. The van der Waals surface area contributed by atoms with Gasteiger partial charge in [0.05, 0.1) is 17.3 Å². The number of hydrogen-bond acceptors (Lipinski definition) is 4. The Morgan fingerprint density at radius 1 is 1.42 bits per heavy atom. The lowest BCUT2D eigenvalue weighted by Crippen LogP contribution is -2.16. The first-order valence-electron chi connectivity index (χ1n) is 8.20. The molecule has 1 fully saturated rings. The second kappa shape index (κ2) is 11.5. The van der Waals surface area contributed by atoms with Gasteiger partial charge < -0.3 is 20.1 Å². The van der Waals surface area contributed by atoms with Gasteiger partial charge in [-0.25, -0.2) is 0 Å². The molecule has 136 valence electrons. The zero-order valence-corrected chi connectivity index (χ0v) is 15.5. The van der Waals surface area contributed by atoms with Gasteiger partial charge >= 0.3 is 0 Å². The number of ether oxygens (including phenoxy) is 2. The van der Waals surface area contributed by atoms with Crippen LogP contribution >= 0.6 is 24.0 Å². The molecule has 1 amide bonds. The molecule has 1 aromatic carbocycles. The monoisotopic (exact) mass is 376 g/mol. The van der Waals surface area contributed by atoms with E-state index >= 15 is 0 Å². The average Bonchev–Trinajstić information content (AvgIpc) is 3.05. The van der Waals surface area contributed by atoms with Crippen LogP contribution in [0, 0.1) is 5.92 Å². The van der Waals surface area contributed by atoms with Crippen molar-refractivity contribution in [3.8, 4) is 5.75 Å². The third-order valence-corrected chi connectivity index (χ3v) is 4.16. The lowest BCUT2D eigenvalue weighted by molar-refractivity contribution is -0.116. The minimum absolute atomic E-state index is 0. The second-order valence-corrected chi connectivity index (χ2v) is 6.01. The number of para-hydroxylation sites is 1. The SMILES string of the molecule is CCOCCOc1c(Cl)cccc1NC(=O)CCC1CCNC1.Cl. The lowest BCUT2D eigenvalue weighted by Gasteiger charge is -2.14. The molecule has 1 atom stereocenters. The zero-order valence-electron chi connectivity index (χ0n) is 14.0. The maximum Gasteiger partial charge on any atom is 0.224 e. The van der Waals surface area contributed by atoms with Crippen molar-refractivity contribution in [1.29, 1.82) is 0 Å². The van der Waals surface area contributed by atoms with Crippen LogP contribution in [0.3, 0.4) is 0 Å². The van der Waals surface area contributed by atoms with Crippen molar-refractivity contribution >= 4 is 35.6 Å². The third kappa shape index (κ3) is 6.85. The van der Waals surface area contributed by atoms with Gasteiger partial charge in [0.2, 0.25) is 5.91 Å². The standard InChI is InChI=1S/C17H25ClN2O3.ClH/c1-2-22-10-11-23-17-14(18)4-3-5-15(17)20-16(21)7-6-13-8-9-19-12-13;/h3-5,13,19H,2,6-12H2,1H3,(H,20,21);1H. The average molecular weight is 377 g/mol. The van der Waals surface area contributed by atoms with Crippen molar-refractivity contribution in [3.63, 3.8) is 0 Å². The molecule has 0 spiro atoms. The van der Waals surface area contributed by atoms with Crippen LogP contribution in [0.1, 0.15) is 26.2 Å². The highest BCUT2D eigenvalue weighted by Crippen LogP contribution is 2.33. The van der Waals surface area contributed by atoms with Crippen LogP contribution in [-0.2, 0) is 9.53 Å². The van der Waals surface area contributed by atoms with Crippen molar-refractivity contribution in [2.24, 2.45) is 5.92 Å². The molecule has 1 heterocycles. The van der Waals surface area contributed by atoms with Crippen LogP contribution in [0.2, 0.25) is 5.02 Å². The molecule has 1 aliphatic heterocycles. The smallest absolute Gasteiger partial charge is 0.224 e. The van der Waals surface area contributed by atoms with Gasteiger partial charge in [0.1, 0.15) is 6.61 Å². The molecule has 7 heteroatoms. The highest BCUT2D eigenvalue weighted by Gasteiger charge is 2.17. The van der Waals surface area contributed by atoms with Crippen molar-refractivity contribution in [3.05, 3.63) is 23.2 Å². The molecule has 2 rings (SSSR count). The number of hydrogen-bond donors (Lipinski definition) is 2. The van der Waals surface area contributed by atoms with Crippen molar-refractivity contribution in [1.82, 2.24) is 5.32 Å². The second-order valence-electron chi connectivity index (χ2n) is 5.61. The van der Waals surface area contributed by atoms with Gasteiger partial charge in [-0.2, -0.15) is 0 Å². The molecule has 1 aromatic rings. The first-order valence-corrected chi connectivity index (χ1v) is 8.58. The number of halogens is 2. The Bertz CT molecular complexity index is 509. The summed E-state index contributed by atoms with van der Waals surface area (Å²) in [6, 6.07) is 5.35. The zero-order chi connectivity index (χ0) is 16.5. The van der Waals surface area contributed by atoms with E-state index in [9.17, 15) is 4.79 Å². The summed E-state index contributed by atoms with van der Waals surface area (Å²) < 4.78 is 10.9. The van der Waals surface area contributed by atoms with Crippen LogP contribution in [0.25, 0.3) is 0 Å². The molecule has 0 bridgehead atoms. The van der Waals surface area contributed by atoms with Gasteiger partial charge in [-0.15, -0.1) is 12.4 Å². The number of nitrogens with one attached hydrogen (secondary N) is 2. The highest BCUT2D eigenvalue weighted by atomic mass is 35.5. The van der Waals surface area contributed by atoms with E-state index in [2.05, 4.69) is 10.6 Å². The number of carbonyl (C=O) groups is 1. The number of anilines is 1. The first kappa shape index (κ1) is 21.0. The predicted molar refractivity (Wildman–Crippen MR) is 99.5 cm³/mol. The van der Waals surface area contributed by atoms with Gasteiger partial charge in [0.15, 0.2) is 5.75 Å². The highest BCUT2D eigenvalue weighted by molar-refractivity contribution is 6.32. The minimum atomic E-state index is -0.00572. The summed E-state index contributed by atoms with van der Waals surface area (Å²) in [4.78, 5) is 12.2. The van der Waals surface area contributed by atoms with Gasteiger partial charge in [0.25, 0.3) is 0 Å². The van der Waals surface area contributed by atoms with E-state index in [4.69, 9.17) is 21.1 Å². The summed E-state index contributed by atoms with van der Waals surface area (Å²) in [5, 5.41) is 6.71. The Morgan fingerprint density at radius 2 is 2.25 bits per heavy atom. The van der Waals surface area contributed by atoms with E-state index in [0.717, 1.165) is 25.9 Å². The van der Waals surface area contributed by atoms with Crippen molar-refractivity contribution < 1.29 is 14.3 Å². The summed E-state index contributed by atoms with van der Waals surface area (Å²) in [7, 11) is 0. The van der Waals surface area contributed by atoms with Gasteiger partial charge in [-0.1, -0.05) is 17.7 Å². The van der Waals surface area contributed by atoms with Crippen LogP contribution in [0.5, 0.6) is 5.75 Å². The van der Waals surface area contributed by atoms with Gasteiger partial charge in [0, 0.05) is 13.0 Å². The fourth-order valence-corrected chi connectivity index (χ4v) is 2.84. The predicted octanol–water partition coefficient (Wildman–Crippen LogP) is 3.51. The van der Waals surface area contributed by atoms with Gasteiger partial charge in [-0.05, 0) is 50.9 Å². The van der Waals surface area contributed by atoms with Crippen LogP contribution in [0.4, 0.5) is 5.69 Å². The van der Waals surface area contributed by atoms with Crippen molar-refractivity contribution in [2.45, 2.75) is 26.2 Å². The van der Waals surface area contributed by atoms with Crippen LogP contribution < -0.4 is 15.4 Å². The quantitative estimate of drug-likeness (QED) is 0.647. The number of rotatable bonds is 9. The van der Waals surface area contributed by atoms with E-state index in [1.54, 1.807) is 18.2 Å².